The number of pyridine rings is 1. The predicted octanol–water partition coefficient (Wildman–Crippen LogP) is 3.08. The maximum atomic E-state index is 13.8. The summed E-state index contributed by atoms with van der Waals surface area (Å²) < 4.78 is 19.5. The highest BCUT2D eigenvalue weighted by molar-refractivity contribution is 7.09. The number of benzene rings is 1. The first-order valence-corrected chi connectivity index (χ1v) is 14.8. The molecular formula is C30H30FN7O5S. The fourth-order valence-corrected chi connectivity index (χ4v) is 5.65. The van der Waals surface area contributed by atoms with Gasteiger partial charge in [0.2, 0.25) is 11.8 Å². The van der Waals surface area contributed by atoms with Crippen LogP contribution in [-0.4, -0.2) is 63.1 Å². The Bertz CT molecular complexity index is 1660. The molecule has 44 heavy (non-hydrogen) atoms. The molecule has 228 valence electrons. The van der Waals surface area contributed by atoms with Crippen molar-refractivity contribution >= 4 is 35.0 Å². The number of thiazole rings is 1. The SMILES string of the molecule is CC(C)[C@@H]1NC(=O)CN(C(=O)c2cncc(F)c2)CCNC(=O)c2coc(n2)[C@H](Cc2ccccc2)NC(=O)c2csc1n2. The molecule has 12 nitrogen and oxygen atoms in total. The number of carbonyl (C=O) groups is 4. The molecule has 14 heteroatoms. The summed E-state index contributed by atoms with van der Waals surface area (Å²) in [4.78, 5) is 66.6. The molecule has 1 aliphatic heterocycles. The molecule has 2 atom stereocenters. The first-order chi connectivity index (χ1) is 21.2. The van der Waals surface area contributed by atoms with Crippen molar-refractivity contribution in [1.29, 1.82) is 0 Å². The Morgan fingerprint density at radius 3 is 2.64 bits per heavy atom. The summed E-state index contributed by atoms with van der Waals surface area (Å²) in [5.74, 6) is -2.89. The molecule has 3 N–H and O–H groups in total. The molecule has 1 aromatic carbocycles. The highest BCUT2D eigenvalue weighted by atomic mass is 32.1. The summed E-state index contributed by atoms with van der Waals surface area (Å²) in [5.41, 5.74) is 0.968. The molecule has 0 saturated carbocycles. The van der Waals surface area contributed by atoms with Gasteiger partial charge in [0.25, 0.3) is 17.7 Å². The van der Waals surface area contributed by atoms with E-state index in [1.54, 1.807) is 5.38 Å². The average Bonchev–Trinajstić information content (AvgIpc) is 3.70. The lowest BCUT2D eigenvalue weighted by molar-refractivity contribution is -0.122. The van der Waals surface area contributed by atoms with Gasteiger partial charge in [-0.2, -0.15) is 0 Å². The van der Waals surface area contributed by atoms with Gasteiger partial charge in [0.05, 0.1) is 24.3 Å². The zero-order valence-corrected chi connectivity index (χ0v) is 24.8. The third-order valence-electron chi connectivity index (χ3n) is 6.89. The summed E-state index contributed by atoms with van der Waals surface area (Å²) in [5, 5.41) is 10.6. The number of nitrogens with zero attached hydrogens (tertiary/aromatic N) is 4. The molecule has 1 aliphatic rings. The Labute approximate surface area is 256 Å². The van der Waals surface area contributed by atoms with E-state index in [0.717, 1.165) is 17.8 Å². The molecule has 0 aliphatic carbocycles. The highest BCUT2D eigenvalue weighted by Gasteiger charge is 2.28. The zero-order valence-electron chi connectivity index (χ0n) is 24.0. The quantitative estimate of drug-likeness (QED) is 0.314. The van der Waals surface area contributed by atoms with Crippen LogP contribution in [0.25, 0.3) is 0 Å². The van der Waals surface area contributed by atoms with Crippen LogP contribution in [0.15, 0.2) is 64.9 Å². The Morgan fingerprint density at radius 1 is 1.09 bits per heavy atom. The molecule has 4 amide bonds. The second-order valence-corrected chi connectivity index (χ2v) is 11.4. The van der Waals surface area contributed by atoms with E-state index in [1.807, 2.05) is 44.2 Å². The average molecular weight is 620 g/mol. The van der Waals surface area contributed by atoms with Crippen LogP contribution in [-0.2, 0) is 11.2 Å². The minimum atomic E-state index is -0.718. The topological polar surface area (TPSA) is 159 Å². The van der Waals surface area contributed by atoms with E-state index in [4.69, 9.17) is 4.42 Å². The lowest BCUT2D eigenvalue weighted by Crippen LogP contribution is -2.45. The van der Waals surface area contributed by atoms with Crippen LogP contribution in [0.1, 0.15) is 73.7 Å². The van der Waals surface area contributed by atoms with Crippen LogP contribution >= 0.6 is 11.3 Å². The predicted molar refractivity (Wildman–Crippen MR) is 157 cm³/mol. The van der Waals surface area contributed by atoms with Crippen LogP contribution in [0.4, 0.5) is 4.39 Å². The smallest absolute Gasteiger partial charge is 0.273 e. The molecule has 4 heterocycles. The monoisotopic (exact) mass is 619 g/mol. The van der Waals surface area contributed by atoms with E-state index in [2.05, 4.69) is 30.9 Å². The molecule has 3 aromatic heterocycles. The van der Waals surface area contributed by atoms with Crippen molar-refractivity contribution in [1.82, 2.24) is 35.8 Å². The zero-order chi connectivity index (χ0) is 31.2. The molecule has 0 saturated heterocycles. The van der Waals surface area contributed by atoms with E-state index >= 15 is 0 Å². The van der Waals surface area contributed by atoms with Crippen molar-refractivity contribution in [3.8, 4) is 0 Å². The number of amides is 4. The highest BCUT2D eigenvalue weighted by Crippen LogP contribution is 2.26. The lowest BCUT2D eigenvalue weighted by atomic mass is 10.0. The Balaban J connectivity index is 1.47. The van der Waals surface area contributed by atoms with Gasteiger partial charge in [0.1, 0.15) is 28.8 Å². The van der Waals surface area contributed by atoms with Gasteiger partial charge in [-0.3, -0.25) is 24.2 Å². The molecule has 4 aromatic rings. The first kappa shape index (κ1) is 30.5. The van der Waals surface area contributed by atoms with Crippen molar-refractivity contribution in [2.24, 2.45) is 5.92 Å². The van der Waals surface area contributed by atoms with E-state index in [9.17, 15) is 23.6 Å². The van der Waals surface area contributed by atoms with E-state index in [0.29, 0.717) is 11.4 Å². The number of hydrogen-bond donors (Lipinski definition) is 3. The Kier molecular flexibility index (Phi) is 9.38. The van der Waals surface area contributed by atoms with Crippen LogP contribution in [0.5, 0.6) is 0 Å². The number of oxazole rings is 1. The normalized spacial score (nSPS) is 18.2. The summed E-state index contributed by atoms with van der Waals surface area (Å²) in [6.45, 7) is 3.29. The number of halogens is 1. The van der Waals surface area contributed by atoms with Gasteiger partial charge in [-0.25, -0.2) is 14.4 Å². The fourth-order valence-electron chi connectivity index (χ4n) is 4.63. The van der Waals surface area contributed by atoms with E-state index in [1.165, 1.54) is 28.7 Å². The molecule has 0 spiro atoms. The van der Waals surface area contributed by atoms with Crippen LogP contribution in [0.3, 0.4) is 0 Å². The maximum Gasteiger partial charge on any atom is 0.273 e. The molecular weight excluding hydrogens is 589 g/mol. The van der Waals surface area contributed by atoms with Crippen molar-refractivity contribution < 1.29 is 28.0 Å². The van der Waals surface area contributed by atoms with Crippen LogP contribution < -0.4 is 16.0 Å². The van der Waals surface area contributed by atoms with Gasteiger partial charge in [-0.05, 0) is 17.5 Å². The molecule has 0 fully saturated rings. The largest absolute Gasteiger partial charge is 0.446 e. The standard InChI is InChI=1S/C30H30FN7O5S/c1-17(2)25-29-36-23(16-44-29)27(41)34-21(10-18-6-4-3-5-7-18)28-35-22(15-43-28)26(40)33-8-9-38(14-24(39)37-25)30(42)19-11-20(31)13-32-12-19/h3-7,11-13,15-17,21,25H,8-10,14H2,1-2H3,(H,33,40)(H,34,41)(H,37,39)/t21-,25-/m0/s1. The lowest BCUT2D eigenvalue weighted by Gasteiger charge is -2.25. The number of rotatable bonds is 4. The van der Waals surface area contributed by atoms with Gasteiger partial charge in [0, 0.05) is 31.1 Å². The van der Waals surface area contributed by atoms with E-state index in [-0.39, 0.29) is 48.4 Å². The molecule has 4 bridgehead atoms. The van der Waals surface area contributed by atoms with Gasteiger partial charge in [-0.15, -0.1) is 11.3 Å². The number of aromatic nitrogens is 3. The van der Waals surface area contributed by atoms with Gasteiger partial charge in [-0.1, -0.05) is 44.2 Å². The van der Waals surface area contributed by atoms with Crippen LogP contribution in [0, 0.1) is 11.7 Å². The van der Waals surface area contributed by atoms with E-state index < -0.39 is 41.5 Å². The second kappa shape index (κ2) is 13.5. The number of fused-ring (bicyclic) bond motifs is 4. The molecule has 0 unspecified atom stereocenters. The van der Waals surface area contributed by atoms with Crippen molar-refractivity contribution in [2.45, 2.75) is 32.4 Å². The van der Waals surface area contributed by atoms with Crippen molar-refractivity contribution in [2.75, 3.05) is 19.6 Å². The summed E-state index contributed by atoms with van der Waals surface area (Å²) >= 11 is 1.22. The Morgan fingerprint density at radius 2 is 1.89 bits per heavy atom. The molecule has 5 rings (SSSR count). The van der Waals surface area contributed by atoms with Gasteiger partial charge in [0.15, 0.2) is 5.69 Å². The maximum absolute atomic E-state index is 13.8. The minimum Gasteiger partial charge on any atom is -0.446 e. The minimum absolute atomic E-state index is 0.0332. The summed E-state index contributed by atoms with van der Waals surface area (Å²) in [6, 6.07) is 9.18. The second-order valence-electron chi connectivity index (χ2n) is 10.5. The van der Waals surface area contributed by atoms with Crippen LogP contribution in [0.2, 0.25) is 0 Å². The summed E-state index contributed by atoms with van der Waals surface area (Å²) in [7, 11) is 0. The number of nitrogens with one attached hydrogen (secondary N) is 3. The van der Waals surface area contributed by atoms with Crippen molar-refractivity contribution in [3.63, 3.8) is 0 Å². The third-order valence-corrected chi connectivity index (χ3v) is 7.81. The number of hydrogen-bond acceptors (Lipinski definition) is 9. The fraction of sp³-hybridized carbons (Fsp3) is 0.300. The van der Waals surface area contributed by atoms with Gasteiger partial charge < -0.3 is 25.3 Å². The number of carbonyl (C=O) groups excluding carboxylic acids is 4. The molecule has 0 radical (unpaired) electrons. The summed E-state index contributed by atoms with van der Waals surface area (Å²) in [6.07, 6.45) is 3.69. The van der Waals surface area contributed by atoms with Crippen molar-refractivity contribution in [3.05, 3.63) is 99.7 Å². The Hall–Kier alpha value is -4.98. The third kappa shape index (κ3) is 7.32. The van der Waals surface area contributed by atoms with Gasteiger partial charge >= 0.3 is 0 Å². The first-order valence-electron chi connectivity index (χ1n) is 13.9.